The van der Waals surface area contributed by atoms with E-state index in [-0.39, 0.29) is 12.7 Å². The standard InChI is InChI=1S/C28H50O3/c1-2-3-4-5-6-7-8-9-10-11-12-13-14-15-16-20-23-31-28(24-29)26-30-25-27-21-18-17-19-22-27/h17-19,21-22,28-29H,2-16,20,23-26H2,1H3. The van der Waals surface area contributed by atoms with Gasteiger partial charge in [0.2, 0.25) is 0 Å². The van der Waals surface area contributed by atoms with Crippen LogP contribution in [0.5, 0.6) is 0 Å². The fourth-order valence-corrected chi connectivity index (χ4v) is 3.94. The van der Waals surface area contributed by atoms with Crippen LogP contribution in [0.1, 0.15) is 115 Å². The van der Waals surface area contributed by atoms with Crippen molar-refractivity contribution in [1.29, 1.82) is 0 Å². The summed E-state index contributed by atoms with van der Waals surface area (Å²) < 4.78 is 11.4. The molecule has 3 nitrogen and oxygen atoms in total. The Kier molecular flexibility index (Phi) is 20.2. The molecule has 1 N–H and O–H groups in total. The molecule has 180 valence electrons. The molecular weight excluding hydrogens is 384 g/mol. The van der Waals surface area contributed by atoms with E-state index in [2.05, 4.69) is 6.92 Å². The lowest BCUT2D eigenvalue weighted by Crippen LogP contribution is -2.24. The van der Waals surface area contributed by atoms with Crippen LogP contribution in [0.2, 0.25) is 0 Å². The third-order valence-electron chi connectivity index (χ3n) is 5.97. The Morgan fingerprint density at radius 2 is 1.16 bits per heavy atom. The van der Waals surface area contributed by atoms with Crippen LogP contribution in [-0.4, -0.2) is 31.0 Å². The predicted octanol–water partition coefficient (Wildman–Crippen LogP) is 7.84. The highest BCUT2D eigenvalue weighted by Gasteiger charge is 2.08. The Hall–Kier alpha value is -0.900. The Labute approximate surface area is 192 Å². The number of aliphatic hydroxyl groups excluding tert-OH is 1. The molecule has 31 heavy (non-hydrogen) atoms. The molecule has 1 atom stereocenters. The second kappa shape index (κ2) is 22.3. The van der Waals surface area contributed by atoms with Crippen molar-refractivity contribution >= 4 is 0 Å². The van der Waals surface area contributed by atoms with Gasteiger partial charge in [-0.1, -0.05) is 134 Å². The third kappa shape index (κ3) is 18.4. The van der Waals surface area contributed by atoms with Gasteiger partial charge in [0.15, 0.2) is 0 Å². The van der Waals surface area contributed by atoms with Crippen LogP contribution < -0.4 is 0 Å². The van der Waals surface area contributed by atoms with Crippen LogP contribution in [-0.2, 0) is 16.1 Å². The van der Waals surface area contributed by atoms with E-state index in [1.807, 2.05) is 30.3 Å². The molecule has 0 aliphatic rings. The van der Waals surface area contributed by atoms with Crippen LogP contribution >= 0.6 is 0 Å². The number of aliphatic hydroxyl groups is 1. The molecule has 1 aromatic rings. The van der Waals surface area contributed by atoms with Crippen molar-refractivity contribution in [2.24, 2.45) is 0 Å². The number of ether oxygens (including phenoxy) is 2. The zero-order valence-electron chi connectivity index (χ0n) is 20.4. The van der Waals surface area contributed by atoms with E-state index in [1.54, 1.807) is 0 Å². The van der Waals surface area contributed by atoms with Crippen LogP contribution in [0.3, 0.4) is 0 Å². The van der Waals surface area contributed by atoms with E-state index in [4.69, 9.17) is 9.47 Å². The highest BCUT2D eigenvalue weighted by Crippen LogP contribution is 2.14. The summed E-state index contributed by atoms with van der Waals surface area (Å²) in [5, 5.41) is 9.45. The molecule has 0 bridgehead atoms. The van der Waals surface area contributed by atoms with E-state index in [1.165, 1.54) is 96.3 Å². The van der Waals surface area contributed by atoms with Gasteiger partial charge in [-0.3, -0.25) is 0 Å². The summed E-state index contributed by atoms with van der Waals surface area (Å²) in [6, 6.07) is 10.1. The van der Waals surface area contributed by atoms with Crippen LogP contribution in [0, 0.1) is 0 Å². The molecule has 0 aliphatic carbocycles. The topological polar surface area (TPSA) is 38.7 Å². The fourth-order valence-electron chi connectivity index (χ4n) is 3.94. The first kappa shape index (κ1) is 28.1. The van der Waals surface area contributed by atoms with Crippen molar-refractivity contribution in [3.05, 3.63) is 35.9 Å². The fraction of sp³-hybridized carbons (Fsp3) is 0.786. The van der Waals surface area contributed by atoms with Gasteiger partial charge in [-0.2, -0.15) is 0 Å². The Balaban J connectivity index is 1.79. The Morgan fingerprint density at radius 1 is 0.677 bits per heavy atom. The van der Waals surface area contributed by atoms with Crippen molar-refractivity contribution in [3.8, 4) is 0 Å². The maximum Gasteiger partial charge on any atom is 0.104 e. The molecular formula is C28H50O3. The van der Waals surface area contributed by atoms with Crippen molar-refractivity contribution in [2.75, 3.05) is 19.8 Å². The Bertz CT molecular complexity index is 463. The van der Waals surface area contributed by atoms with Gasteiger partial charge in [-0.15, -0.1) is 0 Å². The van der Waals surface area contributed by atoms with Gasteiger partial charge in [0.25, 0.3) is 0 Å². The molecule has 1 rings (SSSR count). The van der Waals surface area contributed by atoms with Gasteiger partial charge >= 0.3 is 0 Å². The molecule has 0 fully saturated rings. The summed E-state index contributed by atoms with van der Waals surface area (Å²) in [6.45, 7) is 4.05. The number of benzene rings is 1. The number of hydrogen-bond donors (Lipinski definition) is 1. The van der Waals surface area contributed by atoms with Crippen LogP contribution in [0.4, 0.5) is 0 Å². The van der Waals surface area contributed by atoms with Crippen molar-refractivity contribution < 1.29 is 14.6 Å². The smallest absolute Gasteiger partial charge is 0.104 e. The van der Waals surface area contributed by atoms with E-state index < -0.39 is 0 Å². The molecule has 0 saturated heterocycles. The number of hydrogen-bond acceptors (Lipinski definition) is 3. The molecule has 0 saturated carbocycles. The summed E-state index contributed by atoms with van der Waals surface area (Å²) in [5.41, 5.74) is 1.15. The summed E-state index contributed by atoms with van der Waals surface area (Å²) in [6.07, 6.45) is 21.8. The van der Waals surface area contributed by atoms with Gasteiger partial charge < -0.3 is 14.6 Å². The van der Waals surface area contributed by atoms with Crippen molar-refractivity contribution in [1.82, 2.24) is 0 Å². The highest BCUT2D eigenvalue weighted by molar-refractivity contribution is 5.13. The van der Waals surface area contributed by atoms with Gasteiger partial charge in [0.1, 0.15) is 6.10 Å². The van der Waals surface area contributed by atoms with E-state index in [0.717, 1.165) is 18.6 Å². The van der Waals surface area contributed by atoms with Crippen LogP contribution in [0.25, 0.3) is 0 Å². The molecule has 3 heteroatoms. The van der Waals surface area contributed by atoms with Crippen molar-refractivity contribution in [3.63, 3.8) is 0 Å². The highest BCUT2D eigenvalue weighted by atomic mass is 16.5. The summed E-state index contributed by atoms with van der Waals surface area (Å²) in [7, 11) is 0. The molecule has 0 spiro atoms. The minimum Gasteiger partial charge on any atom is -0.394 e. The summed E-state index contributed by atoms with van der Waals surface area (Å²) in [4.78, 5) is 0. The first-order valence-corrected chi connectivity index (χ1v) is 13.2. The molecule has 0 radical (unpaired) electrons. The summed E-state index contributed by atoms with van der Waals surface area (Å²) in [5.74, 6) is 0. The summed E-state index contributed by atoms with van der Waals surface area (Å²) >= 11 is 0. The Morgan fingerprint density at radius 3 is 1.65 bits per heavy atom. The van der Waals surface area contributed by atoms with Gasteiger partial charge in [-0.25, -0.2) is 0 Å². The zero-order valence-corrected chi connectivity index (χ0v) is 20.4. The van der Waals surface area contributed by atoms with Gasteiger partial charge in [0.05, 0.1) is 19.8 Å². The zero-order chi connectivity index (χ0) is 22.2. The normalized spacial score (nSPS) is 12.3. The van der Waals surface area contributed by atoms with E-state index in [9.17, 15) is 5.11 Å². The minimum absolute atomic E-state index is 0.0215. The molecule has 0 heterocycles. The van der Waals surface area contributed by atoms with E-state index >= 15 is 0 Å². The maximum absolute atomic E-state index is 9.45. The lowest BCUT2D eigenvalue weighted by Gasteiger charge is -2.15. The monoisotopic (exact) mass is 434 g/mol. The molecule has 1 unspecified atom stereocenters. The van der Waals surface area contributed by atoms with Crippen LogP contribution in [0.15, 0.2) is 30.3 Å². The quantitative estimate of drug-likeness (QED) is 0.178. The molecule has 0 aliphatic heterocycles. The third-order valence-corrected chi connectivity index (χ3v) is 5.97. The first-order chi connectivity index (χ1) is 15.4. The number of rotatable bonds is 23. The largest absolute Gasteiger partial charge is 0.394 e. The first-order valence-electron chi connectivity index (χ1n) is 13.2. The average molecular weight is 435 g/mol. The minimum atomic E-state index is -0.208. The second-order valence-corrected chi connectivity index (χ2v) is 8.98. The molecule has 1 aromatic carbocycles. The lowest BCUT2D eigenvalue weighted by atomic mass is 10.0. The SMILES string of the molecule is CCCCCCCCCCCCCCCCCCOC(CO)COCc1ccccc1. The number of unbranched alkanes of at least 4 members (excludes halogenated alkanes) is 15. The van der Waals surface area contributed by atoms with Crippen molar-refractivity contribution in [2.45, 2.75) is 122 Å². The molecule has 0 aromatic heterocycles. The lowest BCUT2D eigenvalue weighted by molar-refractivity contribution is -0.0473. The average Bonchev–Trinajstić information content (AvgIpc) is 2.80. The second-order valence-electron chi connectivity index (χ2n) is 8.98. The van der Waals surface area contributed by atoms with Gasteiger partial charge in [0, 0.05) is 6.61 Å². The predicted molar refractivity (Wildman–Crippen MR) is 132 cm³/mol. The maximum atomic E-state index is 9.45. The van der Waals surface area contributed by atoms with E-state index in [0.29, 0.717) is 13.2 Å². The van der Waals surface area contributed by atoms with Gasteiger partial charge in [-0.05, 0) is 12.0 Å². The molecule has 0 amide bonds.